The molecule has 2 atom stereocenters. The zero-order valence-electron chi connectivity index (χ0n) is 22.8. The van der Waals surface area contributed by atoms with Gasteiger partial charge in [-0.3, -0.25) is 8.80 Å². The average molecular weight is 539 g/mol. The van der Waals surface area contributed by atoms with E-state index in [2.05, 4.69) is 76.9 Å². The molecule has 38 heavy (non-hydrogen) atoms. The smallest absolute Gasteiger partial charge is 0.138 e. The molecule has 0 radical (unpaired) electrons. The molecular formula is C28H39ClN8O. The molecule has 0 aromatic carbocycles. The number of aliphatic hydroxyl groups is 1. The van der Waals surface area contributed by atoms with Gasteiger partial charge in [-0.25, -0.2) is 9.97 Å². The van der Waals surface area contributed by atoms with Crippen LogP contribution in [0.15, 0.2) is 48.8 Å². The van der Waals surface area contributed by atoms with E-state index >= 15 is 0 Å². The summed E-state index contributed by atoms with van der Waals surface area (Å²) in [5.41, 5.74) is 3.52. The van der Waals surface area contributed by atoms with Gasteiger partial charge in [0.05, 0.1) is 22.9 Å². The third-order valence-electron chi connectivity index (χ3n) is 7.47. The van der Waals surface area contributed by atoms with Crippen LogP contribution in [0.4, 0.5) is 11.6 Å². The summed E-state index contributed by atoms with van der Waals surface area (Å²) in [5.74, 6) is 2.37. The van der Waals surface area contributed by atoms with Crippen molar-refractivity contribution >= 4 is 34.5 Å². The summed E-state index contributed by atoms with van der Waals surface area (Å²) < 4.78 is 4.23. The summed E-state index contributed by atoms with van der Waals surface area (Å²) in [6.07, 6.45) is 3.47. The second-order valence-corrected chi connectivity index (χ2v) is 11.1. The Morgan fingerprint density at radius 2 is 1.11 bits per heavy atom. The van der Waals surface area contributed by atoms with Crippen molar-refractivity contribution < 1.29 is 5.11 Å². The summed E-state index contributed by atoms with van der Waals surface area (Å²) in [6.45, 7) is 12.2. The average Bonchev–Trinajstić information content (AvgIpc) is 3.55. The Morgan fingerprint density at radius 3 is 1.53 bits per heavy atom. The molecule has 0 bridgehead atoms. The standard InChI is InChI=1S/C14H19ClN4.C14H20N4O/c1-11(15)12-10-19-13(16-12)4-3-5-14(19)18-8-6-17(2)7-9-18;1-11(19)12-10-18-13(15-12)4-3-5-14(18)17-8-6-16(2)7-9-17/h3-5,10-11H,6-9H2,1-2H3;3-5,10-11,19H,6-9H2,1-2H3. The van der Waals surface area contributed by atoms with Gasteiger partial charge in [0.2, 0.25) is 0 Å². The van der Waals surface area contributed by atoms with Crippen LogP contribution in [0, 0.1) is 0 Å². The van der Waals surface area contributed by atoms with E-state index in [9.17, 15) is 5.11 Å². The minimum absolute atomic E-state index is 0.0553. The molecule has 204 valence electrons. The van der Waals surface area contributed by atoms with Crippen LogP contribution in [0.25, 0.3) is 11.3 Å². The number of rotatable bonds is 4. The van der Waals surface area contributed by atoms with Gasteiger partial charge >= 0.3 is 0 Å². The quantitative estimate of drug-likeness (QED) is 0.399. The number of halogens is 1. The van der Waals surface area contributed by atoms with Crippen LogP contribution in [0.5, 0.6) is 0 Å². The number of pyridine rings is 2. The summed E-state index contributed by atoms with van der Waals surface area (Å²) >= 11 is 6.14. The number of piperazine rings is 2. The molecule has 2 saturated heterocycles. The van der Waals surface area contributed by atoms with Gasteiger partial charge in [-0.1, -0.05) is 12.1 Å². The fraction of sp³-hybridized carbons (Fsp3) is 0.500. The van der Waals surface area contributed by atoms with Gasteiger partial charge in [0.1, 0.15) is 22.9 Å². The number of nitrogens with zero attached hydrogens (tertiary/aromatic N) is 8. The first-order valence-electron chi connectivity index (χ1n) is 13.5. The number of imidazole rings is 2. The van der Waals surface area contributed by atoms with Crippen molar-refractivity contribution in [3.63, 3.8) is 0 Å². The van der Waals surface area contributed by atoms with Crippen LogP contribution in [0.2, 0.25) is 0 Å². The maximum absolute atomic E-state index is 9.66. The van der Waals surface area contributed by atoms with Gasteiger partial charge in [-0.2, -0.15) is 0 Å². The summed E-state index contributed by atoms with van der Waals surface area (Å²) in [6, 6.07) is 12.4. The molecule has 10 heteroatoms. The van der Waals surface area contributed by atoms with E-state index in [-0.39, 0.29) is 5.38 Å². The van der Waals surface area contributed by atoms with Gasteiger partial charge in [0.15, 0.2) is 0 Å². The topological polar surface area (TPSA) is 67.8 Å². The van der Waals surface area contributed by atoms with Crippen molar-refractivity contribution in [1.29, 1.82) is 0 Å². The van der Waals surface area contributed by atoms with Crippen LogP contribution in [-0.4, -0.2) is 100 Å². The molecule has 0 saturated carbocycles. The number of aliphatic hydroxyl groups excluding tert-OH is 1. The first kappa shape index (κ1) is 26.7. The van der Waals surface area contributed by atoms with Crippen LogP contribution in [-0.2, 0) is 0 Å². The van der Waals surface area contributed by atoms with Crippen LogP contribution in [0.1, 0.15) is 36.7 Å². The molecular weight excluding hydrogens is 500 g/mol. The molecule has 6 rings (SSSR count). The first-order valence-corrected chi connectivity index (χ1v) is 13.9. The number of alkyl halides is 1. The van der Waals surface area contributed by atoms with Gasteiger partial charge < -0.3 is 24.7 Å². The molecule has 1 N–H and O–H groups in total. The Balaban J connectivity index is 0.000000155. The van der Waals surface area contributed by atoms with Crippen LogP contribution in [0.3, 0.4) is 0 Å². The Morgan fingerprint density at radius 1 is 0.684 bits per heavy atom. The molecule has 4 aromatic heterocycles. The highest BCUT2D eigenvalue weighted by Gasteiger charge is 2.19. The maximum Gasteiger partial charge on any atom is 0.138 e. The highest BCUT2D eigenvalue weighted by atomic mass is 35.5. The fourth-order valence-electron chi connectivity index (χ4n) is 5.01. The molecule has 0 amide bonds. The number of likely N-dealkylation sites (N-methyl/N-ethyl adjacent to an activating group) is 2. The molecule has 2 aliphatic rings. The molecule has 0 spiro atoms. The molecule has 0 aliphatic carbocycles. The Bertz CT molecular complexity index is 1250. The highest BCUT2D eigenvalue weighted by Crippen LogP contribution is 2.24. The predicted octanol–water partition coefficient (Wildman–Crippen LogP) is 3.53. The normalized spacial score (nSPS) is 19.0. The van der Waals surface area contributed by atoms with Crippen molar-refractivity contribution in [2.45, 2.75) is 25.3 Å². The lowest BCUT2D eigenvalue weighted by Crippen LogP contribution is -2.45. The molecule has 2 aliphatic heterocycles. The maximum atomic E-state index is 9.66. The predicted molar refractivity (Wildman–Crippen MR) is 155 cm³/mol. The van der Waals surface area contributed by atoms with E-state index in [1.54, 1.807) is 6.92 Å². The summed E-state index contributed by atoms with van der Waals surface area (Å²) in [7, 11) is 4.32. The second-order valence-electron chi connectivity index (χ2n) is 10.4. The number of hydrogen-bond acceptors (Lipinski definition) is 7. The van der Waals surface area contributed by atoms with Crippen LogP contribution < -0.4 is 9.80 Å². The zero-order chi connectivity index (χ0) is 26.8. The van der Waals surface area contributed by atoms with E-state index in [0.29, 0.717) is 0 Å². The largest absolute Gasteiger partial charge is 0.387 e. The van der Waals surface area contributed by atoms with Crippen molar-refractivity contribution in [1.82, 2.24) is 28.6 Å². The lowest BCUT2D eigenvalue weighted by Gasteiger charge is -2.34. The third-order valence-corrected chi connectivity index (χ3v) is 7.69. The number of anilines is 2. The van der Waals surface area contributed by atoms with Gasteiger partial charge in [-0.15, -0.1) is 11.6 Å². The Labute approximate surface area is 229 Å². The minimum Gasteiger partial charge on any atom is -0.387 e. The number of fused-ring (bicyclic) bond motifs is 2. The summed E-state index contributed by atoms with van der Waals surface area (Å²) in [4.78, 5) is 18.5. The van der Waals surface area contributed by atoms with E-state index in [1.165, 1.54) is 5.82 Å². The highest BCUT2D eigenvalue weighted by molar-refractivity contribution is 6.20. The molecule has 2 fully saturated rings. The van der Waals surface area contributed by atoms with Crippen molar-refractivity contribution in [2.24, 2.45) is 0 Å². The second kappa shape index (κ2) is 11.5. The number of hydrogen-bond donors (Lipinski definition) is 1. The SMILES string of the molecule is CC(Cl)c1cn2c(N3CCN(C)CC3)cccc2n1.CC(O)c1cn2c(N3CCN(C)CC3)cccc2n1. The van der Waals surface area contributed by atoms with Crippen molar-refractivity contribution in [3.8, 4) is 0 Å². The van der Waals surface area contributed by atoms with E-state index in [1.807, 2.05) is 31.3 Å². The fourth-order valence-corrected chi connectivity index (χ4v) is 5.11. The number of aromatic nitrogens is 4. The van der Waals surface area contributed by atoms with Crippen molar-refractivity contribution in [2.75, 3.05) is 76.3 Å². The lowest BCUT2D eigenvalue weighted by molar-refractivity contribution is 0.195. The van der Waals surface area contributed by atoms with E-state index < -0.39 is 6.10 Å². The molecule has 4 aromatic rings. The van der Waals surface area contributed by atoms with Gasteiger partial charge in [0, 0.05) is 64.8 Å². The molecule has 9 nitrogen and oxygen atoms in total. The first-order chi connectivity index (χ1) is 18.3. The van der Waals surface area contributed by atoms with Crippen molar-refractivity contribution in [3.05, 3.63) is 60.2 Å². The Hall–Kier alpha value is -2.85. The minimum atomic E-state index is -0.528. The third kappa shape index (κ3) is 5.76. The monoisotopic (exact) mass is 538 g/mol. The van der Waals surface area contributed by atoms with Gasteiger partial charge in [-0.05, 0) is 52.2 Å². The van der Waals surface area contributed by atoms with E-state index in [4.69, 9.17) is 11.6 Å². The summed E-state index contributed by atoms with van der Waals surface area (Å²) in [5, 5.41) is 9.61. The molecule has 2 unspecified atom stereocenters. The van der Waals surface area contributed by atoms with Crippen LogP contribution >= 0.6 is 11.6 Å². The Kier molecular flexibility index (Phi) is 8.09. The van der Waals surface area contributed by atoms with Gasteiger partial charge in [0.25, 0.3) is 0 Å². The van der Waals surface area contributed by atoms with E-state index in [0.717, 1.165) is 80.9 Å². The zero-order valence-corrected chi connectivity index (χ0v) is 23.6. The lowest BCUT2D eigenvalue weighted by atomic mass is 10.3. The molecule has 6 heterocycles.